The number of carbonyl (C=O) groups excluding carboxylic acids is 1. The predicted molar refractivity (Wildman–Crippen MR) is 111 cm³/mol. The number of carboxylic acids is 2. The number of aliphatic carboxylic acids is 2. The van der Waals surface area contributed by atoms with E-state index in [1.165, 1.54) is 42.3 Å². The van der Waals surface area contributed by atoms with Crippen molar-refractivity contribution in [3.05, 3.63) is 47.7 Å². The molecular formula is C23H26N2O5. The molecule has 1 aromatic carbocycles. The van der Waals surface area contributed by atoms with E-state index in [9.17, 15) is 14.4 Å². The molecule has 5 rings (SSSR count). The lowest BCUT2D eigenvalue weighted by molar-refractivity contribution is -0.134. The van der Waals surface area contributed by atoms with Gasteiger partial charge in [-0.15, -0.1) is 0 Å². The minimum absolute atomic E-state index is 0.255. The molecule has 1 aromatic heterocycles. The highest BCUT2D eigenvalue weighted by atomic mass is 16.4. The highest BCUT2D eigenvalue weighted by molar-refractivity contribution is 5.97. The molecule has 1 fully saturated rings. The van der Waals surface area contributed by atoms with Crippen molar-refractivity contribution in [3.63, 3.8) is 0 Å². The average molecular weight is 410 g/mol. The van der Waals surface area contributed by atoms with Gasteiger partial charge in [0.15, 0.2) is 0 Å². The second-order valence-corrected chi connectivity index (χ2v) is 8.43. The zero-order valence-electron chi connectivity index (χ0n) is 16.7. The number of nitrogens with two attached hydrogens (primary N) is 1. The van der Waals surface area contributed by atoms with Gasteiger partial charge in [-0.1, -0.05) is 31.0 Å². The van der Waals surface area contributed by atoms with Crippen molar-refractivity contribution in [1.82, 2.24) is 4.57 Å². The van der Waals surface area contributed by atoms with E-state index in [1.54, 1.807) is 0 Å². The lowest BCUT2D eigenvalue weighted by Crippen LogP contribution is -2.45. The standard InChI is InChI=1S/C19H22N2O.C4H4O4/c20-15-10-14-12-6-3-4-8-16(12)21-17(22)9-11-5-1-2-7-13(15)18(11)19(14)21;5-3(6)1-2-4(7)8/h3-4,6,8,11,13,15,18H,1-2,5,7,9-10,20H2;1-2H,(H,5,6)(H,7,8)/b;2-1+/t11-,13+,15-,18+;/m1./s1. The maximum Gasteiger partial charge on any atom is 0.328 e. The average Bonchev–Trinajstić information content (AvgIpc) is 2.88. The van der Waals surface area contributed by atoms with Gasteiger partial charge in [0.25, 0.3) is 0 Å². The summed E-state index contributed by atoms with van der Waals surface area (Å²) in [6, 6.07) is 8.65. The molecule has 4 N–H and O–H groups in total. The molecule has 0 saturated heterocycles. The Morgan fingerprint density at radius 1 is 1.03 bits per heavy atom. The summed E-state index contributed by atoms with van der Waals surface area (Å²) in [5.74, 6) is -0.626. The summed E-state index contributed by atoms with van der Waals surface area (Å²) in [6.07, 6.45) is 7.72. The second-order valence-electron chi connectivity index (χ2n) is 8.43. The monoisotopic (exact) mass is 410 g/mol. The Balaban J connectivity index is 0.000000235. The van der Waals surface area contributed by atoms with Crippen molar-refractivity contribution in [2.45, 2.75) is 50.5 Å². The fourth-order valence-electron chi connectivity index (χ4n) is 5.64. The number of rotatable bonds is 2. The van der Waals surface area contributed by atoms with Gasteiger partial charge >= 0.3 is 11.9 Å². The molecule has 2 aliphatic carbocycles. The Bertz CT molecular complexity index is 1020. The van der Waals surface area contributed by atoms with E-state index in [0.29, 0.717) is 42.2 Å². The SMILES string of the molecule is N[C@@H]1Cc2c3n(c4ccccc24)C(=O)C[C@H]2CCCC[C@@H]1[C@@H]32.O=C(O)/C=C/C(=O)O. The molecular weight excluding hydrogens is 384 g/mol. The van der Waals surface area contributed by atoms with E-state index in [2.05, 4.69) is 22.8 Å². The van der Waals surface area contributed by atoms with Gasteiger partial charge in [0.05, 0.1) is 5.52 Å². The van der Waals surface area contributed by atoms with Crippen LogP contribution in [-0.4, -0.2) is 38.7 Å². The minimum Gasteiger partial charge on any atom is -0.478 e. The molecule has 158 valence electrons. The van der Waals surface area contributed by atoms with Crippen LogP contribution in [0.5, 0.6) is 0 Å². The van der Waals surface area contributed by atoms with E-state index >= 15 is 0 Å². The van der Waals surface area contributed by atoms with Crippen molar-refractivity contribution in [2.24, 2.45) is 17.6 Å². The fraction of sp³-hybridized carbons (Fsp3) is 0.435. The Labute approximate surface area is 174 Å². The lowest BCUT2D eigenvalue weighted by atomic mass is 9.66. The van der Waals surface area contributed by atoms with E-state index in [-0.39, 0.29) is 6.04 Å². The van der Waals surface area contributed by atoms with Crippen molar-refractivity contribution in [1.29, 1.82) is 0 Å². The first-order valence-corrected chi connectivity index (χ1v) is 10.4. The van der Waals surface area contributed by atoms with Gasteiger partial charge in [-0.3, -0.25) is 9.36 Å². The summed E-state index contributed by atoms with van der Waals surface area (Å²) in [5.41, 5.74) is 10.4. The van der Waals surface area contributed by atoms with E-state index < -0.39 is 11.9 Å². The van der Waals surface area contributed by atoms with Crippen molar-refractivity contribution < 1.29 is 24.6 Å². The molecule has 0 amide bonds. The smallest absolute Gasteiger partial charge is 0.328 e. The molecule has 2 aromatic rings. The van der Waals surface area contributed by atoms with Crippen LogP contribution in [0.15, 0.2) is 36.4 Å². The summed E-state index contributed by atoms with van der Waals surface area (Å²) in [5, 5.41) is 16.9. The highest BCUT2D eigenvalue weighted by Crippen LogP contribution is 2.52. The first-order chi connectivity index (χ1) is 14.4. The van der Waals surface area contributed by atoms with Gasteiger partial charge in [0.2, 0.25) is 5.91 Å². The Kier molecular flexibility index (Phi) is 5.47. The van der Waals surface area contributed by atoms with Crippen LogP contribution >= 0.6 is 0 Å². The zero-order chi connectivity index (χ0) is 21.4. The van der Waals surface area contributed by atoms with Crippen LogP contribution < -0.4 is 5.73 Å². The molecule has 0 unspecified atom stereocenters. The number of nitrogens with zero attached hydrogens (tertiary/aromatic N) is 1. The van der Waals surface area contributed by atoms with Crippen molar-refractivity contribution in [3.8, 4) is 0 Å². The predicted octanol–water partition coefficient (Wildman–Crippen LogP) is 3.17. The number of carbonyl (C=O) groups is 3. The number of hydrogen-bond acceptors (Lipinski definition) is 4. The number of aromatic nitrogens is 1. The van der Waals surface area contributed by atoms with E-state index in [0.717, 1.165) is 11.9 Å². The molecule has 1 aliphatic heterocycles. The Morgan fingerprint density at radius 3 is 2.40 bits per heavy atom. The summed E-state index contributed by atoms with van der Waals surface area (Å²) >= 11 is 0. The second kappa shape index (κ2) is 8.07. The van der Waals surface area contributed by atoms with E-state index in [1.807, 2.05) is 6.07 Å². The summed E-state index contributed by atoms with van der Waals surface area (Å²) < 4.78 is 2.05. The van der Waals surface area contributed by atoms with E-state index in [4.69, 9.17) is 15.9 Å². The van der Waals surface area contributed by atoms with Crippen LogP contribution in [0.25, 0.3) is 10.9 Å². The van der Waals surface area contributed by atoms with Crippen molar-refractivity contribution >= 4 is 28.7 Å². The molecule has 0 bridgehead atoms. The normalized spacial score (nSPS) is 27.2. The number of benzene rings is 1. The number of hydrogen-bond donors (Lipinski definition) is 3. The fourth-order valence-corrected chi connectivity index (χ4v) is 5.64. The molecule has 0 radical (unpaired) electrons. The maximum absolute atomic E-state index is 12.8. The van der Waals surface area contributed by atoms with Gasteiger partial charge in [-0.25, -0.2) is 9.59 Å². The molecule has 7 nitrogen and oxygen atoms in total. The number of para-hydroxylation sites is 1. The maximum atomic E-state index is 12.8. The molecule has 3 aliphatic rings. The van der Waals surface area contributed by atoms with Crippen LogP contribution in [-0.2, 0) is 16.0 Å². The third kappa shape index (κ3) is 3.54. The third-order valence-corrected chi connectivity index (χ3v) is 6.71. The first kappa shape index (κ1) is 20.3. The molecule has 4 atom stereocenters. The molecule has 7 heteroatoms. The van der Waals surface area contributed by atoms with Crippen LogP contribution in [0.1, 0.15) is 54.1 Å². The highest BCUT2D eigenvalue weighted by Gasteiger charge is 2.47. The zero-order valence-corrected chi connectivity index (χ0v) is 16.7. The van der Waals surface area contributed by atoms with Gasteiger partial charge < -0.3 is 15.9 Å². The molecule has 1 saturated carbocycles. The summed E-state index contributed by atoms with van der Waals surface area (Å²) in [6.45, 7) is 0. The molecule has 30 heavy (non-hydrogen) atoms. The Morgan fingerprint density at radius 2 is 1.70 bits per heavy atom. The number of carboxylic acid groups (broad SMARTS) is 2. The molecule has 0 spiro atoms. The first-order valence-electron chi connectivity index (χ1n) is 10.4. The Hall–Kier alpha value is -2.93. The topological polar surface area (TPSA) is 123 Å². The quantitative estimate of drug-likeness (QED) is 0.654. The van der Waals surface area contributed by atoms with Gasteiger partial charge in [0.1, 0.15) is 0 Å². The largest absolute Gasteiger partial charge is 0.478 e. The van der Waals surface area contributed by atoms with Crippen LogP contribution in [0.2, 0.25) is 0 Å². The summed E-state index contributed by atoms with van der Waals surface area (Å²) in [7, 11) is 0. The third-order valence-electron chi connectivity index (χ3n) is 6.71. The van der Waals surface area contributed by atoms with Gasteiger partial charge in [-0.2, -0.15) is 0 Å². The van der Waals surface area contributed by atoms with Gasteiger partial charge in [-0.05, 0) is 42.7 Å². The molecule has 2 heterocycles. The van der Waals surface area contributed by atoms with Crippen LogP contribution in [0.4, 0.5) is 0 Å². The van der Waals surface area contributed by atoms with Crippen LogP contribution in [0.3, 0.4) is 0 Å². The van der Waals surface area contributed by atoms with Crippen LogP contribution in [0, 0.1) is 11.8 Å². The minimum atomic E-state index is -1.26. The number of fused-ring (bicyclic) bond motifs is 3. The van der Waals surface area contributed by atoms with Gasteiger partial charge in [0, 0.05) is 41.6 Å². The summed E-state index contributed by atoms with van der Waals surface area (Å²) in [4.78, 5) is 31.9. The van der Waals surface area contributed by atoms with Crippen molar-refractivity contribution in [2.75, 3.05) is 0 Å². The lowest BCUT2D eigenvalue weighted by Gasteiger charge is -2.42.